The van der Waals surface area contributed by atoms with Crippen LogP contribution in [0.25, 0.3) is 0 Å². The third-order valence-corrected chi connectivity index (χ3v) is 13.2. The fourth-order valence-corrected chi connectivity index (χ4v) is 9.32. The van der Waals surface area contributed by atoms with E-state index in [0.717, 1.165) is 26.5 Å². The molecular formula is C41H68N14O15S3. The first-order valence-electron chi connectivity index (χ1n) is 23.0. The molecule has 8 unspecified atom stereocenters. The summed E-state index contributed by atoms with van der Waals surface area (Å²) in [6, 6.07) is -10.6. The van der Waals surface area contributed by atoms with Gasteiger partial charge in [0.05, 0.1) is 25.4 Å². The number of aliphatic carboxylic acids is 2. The van der Waals surface area contributed by atoms with Crippen LogP contribution >= 0.6 is 34.2 Å². The zero-order valence-electron chi connectivity index (χ0n) is 40.4. The van der Waals surface area contributed by atoms with Crippen molar-refractivity contribution in [2.24, 2.45) is 22.2 Å². The number of likely N-dealkylation sites (tertiary alicyclic amines) is 1. The van der Waals surface area contributed by atoms with Crippen molar-refractivity contribution in [1.29, 1.82) is 0 Å². The standard InChI is InChI=1S/C41H68N14O15S3/c1-3-45-34(64)25(9-6-12-46-41(43)44)52-39(69)29(54-38(68)28(18-71)49-22(2)58)20-73-72-19-23(17-56)50-37(67)27(15-33(62)63)53-40(70)30-10-7-13-55(30)31(59)16-47-35(65)24(8-4-5-11-42)51-36(66)26(48-21-57)14-32(60)61/h17,21,23-30,71H,3-16,18-20,42H2,1-2H3,(H,45,64)(H,47,65)(H,48,57)(H,49,58)(H,50,67)(H,51,66)(H,52,69)(H,53,70)(H,54,68)(H,60,61)(H,62,63)(H4,43,44,46). The molecule has 410 valence electrons. The number of carboxylic acids is 2. The predicted octanol–water partition coefficient (Wildman–Crippen LogP) is -6.08. The summed E-state index contributed by atoms with van der Waals surface area (Å²) in [7, 11) is 1.93. The van der Waals surface area contributed by atoms with E-state index in [9.17, 15) is 67.4 Å². The van der Waals surface area contributed by atoms with Gasteiger partial charge in [-0.1, -0.05) is 21.6 Å². The number of guanidine groups is 1. The molecule has 0 aromatic rings. The van der Waals surface area contributed by atoms with Gasteiger partial charge in [-0.25, -0.2) is 0 Å². The van der Waals surface area contributed by atoms with Crippen molar-refractivity contribution >= 4 is 118 Å². The van der Waals surface area contributed by atoms with E-state index < -0.39 is 133 Å². The Morgan fingerprint density at radius 1 is 0.712 bits per heavy atom. The second-order valence-electron chi connectivity index (χ2n) is 16.1. The highest BCUT2D eigenvalue weighted by Crippen LogP contribution is 2.23. The van der Waals surface area contributed by atoms with Crippen LogP contribution in [0.4, 0.5) is 0 Å². The van der Waals surface area contributed by atoms with Gasteiger partial charge in [0, 0.05) is 43.8 Å². The number of aldehydes is 1. The van der Waals surface area contributed by atoms with Gasteiger partial charge in [-0.05, 0) is 58.4 Å². The number of amides is 10. The highest BCUT2D eigenvalue weighted by molar-refractivity contribution is 8.76. The van der Waals surface area contributed by atoms with Gasteiger partial charge < -0.3 is 85.0 Å². The molecule has 0 bridgehead atoms. The molecule has 1 rings (SSSR count). The normalized spacial score (nSPS) is 15.7. The van der Waals surface area contributed by atoms with Crippen LogP contribution in [0.5, 0.6) is 0 Å². The van der Waals surface area contributed by atoms with Crippen LogP contribution in [0, 0.1) is 0 Å². The number of rotatable bonds is 37. The monoisotopic (exact) mass is 1090 g/mol. The lowest BCUT2D eigenvalue weighted by Gasteiger charge is -2.27. The second kappa shape index (κ2) is 35.7. The largest absolute Gasteiger partial charge is 0.481 e. The van der Waals surface area contributed by atoms with Gasteiger partial charge in [-0.3, -0.25) is 62.5 Å². The predicted molar refractivity (Wildman–Crippen MR) is 269 cm³/mol. The van der Waals surface area contributed by atoms with Crippen LogP contribution in [0.3, 0.4) is 0 Å². The quantitative estimate of drug-likeness (QED) is 0.00687. The number of carbonyl (C=O) groups is 13. The highest BCUT2D eigenvalue weighted by Gasteiger charge is 2.37. The minimum absolute atomic E-state index is 0.0272. The zero-order chi connectivity index (χ0) is 55.0. The van der Waals surface area contributed by atoms with Crippen molar-refractivity contribution in [3.8, 4) is 0 Å². The maximum atomic E-state index is 13.6. The van der Waals surface area contributed by atoms with E-state index in [1.54, 1.807) is 6.92 Å². The molecule has 0 aromatic heterocycles. The minimum Gasteiger partial charge on any atom is -0.481 e. The number of carbonyl (C=O) groups excluding carboxylic acids is 11. The van der Waals surface area contributed by atoms with Crippen LogP contribution in [0.2, 0.25) is 0 Å². The Morgan fingerprint density at radius 3 is 1.84 bits per heavy atom. The Labute approximate surface area is 433 Å². The van der Waals surface area contributed by atoms with Crippen molar-refractivity contribution in [3.05, 3.63) is 0 Å². The number of thiol groups is 1. The summed E-state index contributed by atoms with van der Waals surface area (Å²) >= 11 is 4.10. The topological polar surface area (TPSA) is 464 Å². The van der Waals surface area contributed by atoms with E-state index in [4.69, 9.17) is 22.3 Å². The number of unbranched alkanes of at least 4 members (excludes halogenated alkanes) is 1. The van der Waals surface area contributed by atoms with Crippen LogP contribution < -0.4 is 65.1 Å². The Bertz CT molecular complexity index is 1970. The van der Waals surface area contributed by atoms with Crippen molar-refractivity contribution in [2.45, 2.75) is 120 Å². The van der Waals surface area contributed by atoms with Gasteiger partial charge in [0.2, 0.25) is 59.6 Å². The van der Waals surface area contributed by atoms with Crippen LogP contribution in [-0.4, -0.2) is 197 Å². The average molecular weight is 1090 g/mol. The molecule has 1 heterocycles. The third-order valence-electron chi connectivity index (χ3n) is 10.3. The molecule has 0 spiro atoms. The molecule has 0 aliphatic carbocycles. The summed E-state index contributed by atoms with van der Waals surface area (Å²) in [5, 5.41) is 40.4. The summed E-state index contributed by atoms with van der Waals surface area (Å²) in [6.45, 7) is 2.85. The van der Waals surface area contributed by atoms with Crippen molar-refractivity contribution in [2.75, 3.05) is 50.0 Å². The summed E-state index contributed by atoms with van der Waals surface area (Å²) < 4.78 is 0. The first-order valence-corrected chi connectivity index (χ1v) is 26.1. The highest BCUT2D eigenvalue weighted by atomic mass is 33.1. The SMILES string of the molecule is CCNC(=O)C(CCCN=C(N)N)NC(=O)C(CSSCC(C=O)NC(=O)C(CC(=O)O)NC(=O)C1CCCN1C(=O)CNC(=O)C(CCCCN)NC(=O)C(CC(=O)O)NC=O)NC(=O)C(CS)NC(C)=O. The van der Waals surface area contributed by atoms with E-state index >= 15 is 0 Å². The first kappa shape index (κ1) is 64.6. The Balaban J connectivity index is 3.09. The van der Waals surface area contributed by atoms with Crippen LogP contribution in [0.1, 0.15) is 71.6 Å². The lowest BCUT2D eigenvalue weighted by Crippen LogP contribution is -2.57. The summed E-state index contributed by atoms with van der Waals surface area (Å²) in [6.07, 6.45) is 0.340. The maximum Gasteiger partial charge on any atom is 0.305 e. The molecule has 17 N–H and O–H groups in total. The number of nitrogens with two attached hydrogens (primary N) is 3. The van der Waals surface area contributed by atoms with E-state index in [0.29, 0.717) is 25.5 Å². The van der Waals surface area contributed by atoms with Crippen molar-refractivity contribution in [1.82, 2.24) is 52.8 Å². The van der Waals surface area contributed by atoms with Crippen LogP contribution in [0.15, 0.2) is 4.99 Å². The fourth-order valence-electron chi connectivity index (χ4n) is 6.77. The van der Waals surface area contributed by atoms with E-state index in [2.05, 4.69) is 65.5 Å². The Kier molecular flexibility index (Phi) is 31.6. The molecular weight excluding hydrogens is 1020 g/mol. The molecule has 10 amide bonds. The zero-order valence-corrected chi connectivity index (χ0v) is 42.9. The number of aliphatic imine (C=N–C) groups is 1. The average Bonchev–Trinajstić information content (AvgIpc) is 3.83. The van der Waals surface area contributed by atoms with E-state index in [1.165, 1.54) is 6.92 Å². The van der Waals surface area contributed by atoms with E-state index in [-0.39, 0.29) is 81.5 Å². The number of nitrogens with zero attached hydrogens (tertiary/aromatic N) is 2. The number of hydrogen-bond acceptors (Lipinski definition) is 18. The number of likely N-dealkylation sites (N-methyl/N-ethyl adjacent to an activating group) is 1. The third kappa shape index (κ3) is 25.7. The van der Waals surface area contributed by atoms with Gasteiger partial charge in [0.1, 0.15) is 48.6 Å². The van der Waals surface area contributed by atoms with Gasteiger partial charge in [-0.15, -0.1) is 0 Å². The molecule has 1 aliphatic rings. The van der Waals surface area contributed by atoms with Gasteiger partial charge in [0.25, 0.3) is 0 Å². The molecule has 0 aromatic carbocycles. The number of nitrogens with one attached hydrogen (secondary N) is 9. The Morgan fingerprint density at radius 2 is 1.27 bits per heavy atom. The molecule has 0 saturated carbocycles. The smallest absolute Gasteiger partial charge is 0.305 e. The number of carboxylic acid groups (broad SMARTS) is 2. The molecule has 0 radical (unpaired) electrons. The van der Waals surface area contributed by atoms with Crippen molar-refractivity contribution < 1.29 is 72.5 Å². The summed E-state index contributed by atoms with van der Waals surface area (Å²) in [5.74, 6) is -10.8. The molecule has 1 aliphatic heterocycles. The molecule has 1 saturated heterocycles. The van der Waals surface area contributed by atoms with Gasteiger partial charge in [-0.2, -0.15) is 12.6 Å². The van der Waals surface area contributed by atoms with Crippen molar-refractivity contribution in [3.63, 3.8) is 0 Å². The minimum atomic E-state index is -1.75. The number of hydrogen-bond donors (Lipinski definition) is 15. The summed E-state index contributed by atoms with van der Waals surface area (Å²) in [4.78, 5) is 169. The fraction of sp³-hybridized carbons (Fsp3) is 0.659. The van der Waals surface area contributed by atoms with Crippen LogP contribution in [-0.2, 0) is 62.3 Å². The second-order valence-corrected chi connectivity index (χ2v) is 19.0. The summed E-state index contributed by atoms with van der Waals surface area (Å²) in [5.41, 5.74) is 16.3. The maximum absolute atomic E-state index is 13.6. The molecule has 32 heteroatoms. The first-order chi connectivity index (χ1) is 34.6. The lowest BCUT2D eigenvalue weighted by atomic mass is 10.1. The molecule has 8 atom stereocenters. The Hall–Kier alpha value is -6.41. The van der Waals surface area contributed by atoms with Gasteiger partial charge >= 0.3 is 11.9 Å². The van der Waals surface area contributed by atoms with E-state index in [1.807, 2.05) is 0 Å². The molecule has 73 heavy (non-hydrogen) atoms. The molecule has 1 fully saturated rings. The lowest BCUT2D eigenvalue weighted by molar-refractivity contribution is -0.143. The van der Waals surface area contributed by atoms with Gasteiger partial charge in [0.15, 0.2) is 5.96 Å². The molecule has 29 nitrogen and oxygen atoms in total.